The molecule has 0 spiro atoms. The molecule has 2 amide bonds. The number of nitrogens with one attached hydrogen (secondary N) is 2. The van der Waals surface area contributed by atoms with Crippen LogP contribution in [0.25, 0.3) is 10.8 Å². The quantitative estimate of drug-likeness (QED) is 0.722. The number of rotatable bonds is 7. The van der Waals surface area contributed by atoms with Crippen molar-refractivity contribution in [3.05, 3.63) is 42.0 Å². The van der Waals surface area contributed by atoms with Crippen molar-refractivity contribution in [2.24, 2.45) is 5.92 Å². The summed E-state index contributed by atoms with van der Waals surface area (Å²) in [5.41, 5.74) is 0.966. The van der Waals surface area contributed by atoms with Gasteiger partial charge in [-0.3, -0.25) is 9.59 Å². The van der Waals surface area contributed by atoms with Gasteiger partial charge in [-0.25, -0.2) is 0 Å². The molecular weight excluding hydrogens is 316 g/mol. The maximum absolute atomic E-state index is 12.7. The summed E-state index contributed by atoms with van der Waals surface area (Å²) in [5, 5.41) is 16.6. The van der Waals surface area contributed by atoms with Gasteiger partial charge in [0.2, 0.25) is 5.91 Å². The molecule has 3 N–H and O–H groups in total. The van der Waals surface area contributed by atoms with Crippen LogP contribution < -0.4 is 10.6 Å². The first-order valence-electron chi connectivity index (χ1n) is 8.67. The highest BCUT2D eigenvalue weighted by molar-refractivity contribution is 6.08. The van der Waals surface area contributed by atoms with E-state index in [0.717, 1.165) is 10.8 Å². The second kappa shape index (κ2) is 8.62. The normalized spacial score (nSPS) is 12.2. The molecule has 0 fully saturated rings. The smallest absolute Gasteiger partial charge is 0.253 e. The summed E-state index contributed by atoms with van der Waals surface area (Å²) in [6.07, 6.45) is 1.33. The fourth-order valence-electron chi connectivity index (χ4n) is 2.58. The minimum Gasteiger partial charge on any atom is -0.396 e. The van der Waals surface area contributed by atoms with Gasteiger partial charge in [0.25, 0.3) is 5.91 Å². The Bertz CT molecular complexity index is 756. The van der Waals surface area contributed by atoms with Crippen LogP contribution in [0.5, 0.6) is 0 Å². The van der Waals surface area contributed by atoms with Gasteiger partial charge in [0.15, 0.2) is 0 Å². The Labute approximate surface area is 148 Å². The summed E-state index contributed by atoms with van der Waals surface area (Å²) in [5.74, 6) is -0.529. The molecule has 0 saturated carbocycles. The zero-order valence-corrected chi connectivity index (χ0v) is 15.0. The van der Waals surface area contributed by atoms with Crippen LogP contribution in [0.3, 0.4) is 0 Å². The van der Waals surface area contributed by atoms with Gasteiger partial charge in [0.1, 0.15) is 0 Å². The van der Waals surface area contributed by atoms with E-state index in [1.165, 1.54) is 0 Å². The van der Waals surface area contributed by atoms with Crippen LogP contribution in [-0.2, 0) is 4.79 Å². The largest absolute Gasteiger partial charge is 0.396 e. The lowest BCUT2D eigenvalue weighted by Gasteiger charge is -2.17. The van der Waals surface area contributed by atoms with E-state index in [9.17, 15) is 9.59 Å². The van der Waals surface area contributed by atoms with Crippen molar-refractivity contribution in [1.29, 1.82) is 0 Å². The number of amides is 2. The number of fused-ring (bicyclic) bond motifs is 1. The molecule has 0 heterocycles. The van der Waals surface area contributed by atoms with Gasteiger partial charge in [-0.1, -0.05) is 38.1 Å². The second-order valence-electron chi connectivity index (χ2n) is 6.63. The van der Waals surface area contributed by atoms with Crippen molar-refractivity contribution < 1.29 is 14.7 Å². The lowest BCUT2D eigenvalue weighted by atomic mass is 10.0. The van der Waals surface area contributed by atoms with Gasteiger partial charge in [-0.2, -0.15) is 0 Å². The Morgan fingerprint density at radius 3 is 2.32 bits per heavy atom. The van der Waals surface area contributed by atoms with Crippen LogP contribution >= 0.6 is 0 Å². The SMILES string of the molecule is CC(CCCO)NC(=O)c1cc2ccccc2cc1NC(=O)C(C)C. The van der Waals surface area contributed by atoms with E-state index >= 15 is 0 Å². The number of aliphatic hydroxyl groups is 1. The number of aliphatic hydroxyl groups excluding tert-OH is 1. The van der Waals surface area contributed by atoms with E-state index in [4.69, 9.17) is 5.11 Å². The Hall–Kier alpha value is -2.40. The van der Waals surface area contributed by atoms with Crippen molar-refractivity contribution in [3.8, 4) is 0 Å². The number of hydrogen-bond donors (Lipinski definition) is 3. The molecule has 2 aromatic carbocycles. The predicted octanol–water partition coefficient (Wildman–Crippen LogP) is 3.33. The summed E-state index contributed by atoms with van der Waals surface area (Å²) < 4.78 is 0. The molecule has 0 radical (unpaired) electrons. The highest BCUT2D eigenvalue weighted by atomic mass is 16.3. The van der Waals surface area contributed by atoms with Gasteiger partial charge in [0, 0.05) is 18.6 Å². The molecule has 134 valence electrons. The minimum atomic E-state index is -0.227. The van der Waals surface area contributed by atoms with Crippen molar-refractivity contribution in [1.82, 2.24) is 5.32 Å². The zero-order chi connectivity index (χ0) is 18.4. The lowest BCUT2D eigenvalue weighted by molar-refractivity contribution is -0.118. The van der Waals surface area contributed by atoms with Crippen molar-refractivity contribution in [2.45, 2.75) is 39.7 Å². The molecule has 0 saturated heterocycles. The molecule has 0 aliphatic rings. The molecule has 0 aromatic heterocycles. The Morgan fingerprint density at radius 1 is 1.08 bits per heavy atom. The van der Waals surface area contributed by atoms with E-state index in [2.05, 4.69) is 10.6 Å². The van der Waals surface area contributed by atoms with E-state index in [0.29, 0.717) is 24.1 Å². The molecule has 0 bridgehead atoms. The van der Waals surface area contributed by atoms with Crippen molar-refractivity contribution in [3.63, 3.8) is 0 Å². The van der Waals surface area contributed by atoms with Gasteiger partial charge in [0.05, 0.1) is 11.3 Å². The number of hydrogen-bond acceptors (Lipinski definition) is 3. The van der Waals surface area contributed by atoms with Gasteiger partial charge in [-0.05, 0) is 42.7 Å². The van der Waals surface area contributed by atoms with Gasteiger partial charge < -0.3 is 15.7 Å². The summed E-state index contributed by atoms with van der Waals surface area (Å²) >= 11 is 0. The number of benzene rings is 2. The van der Waals surface area contributed by atoms with E-state index in [1.54, 1.807) is 6.07 Å². The fourth-order valence-corrected chi connectivity index (χ4v) is 2.58. The van der Waals surface area contributed by atoms with E-state index in [-0.39, 0.29) is 30.4 Å². The average molecular weight is 342 g/mol. The topological polar surface area (TPSA) is 78.4 Å². The van der Waals surface area contributed by atoms with Crippen LogP contribution in [0, 0.1) is 5.92 Å². The summed E-state index contributed by atoms with van der Waals surface area (Å²) in [6.45, 7) is 5.63. The highest BCUT2D eigenvalue weighted by Crippen LogP contribution is 2.25. The van der Waals surface area contributed by atoms with Gasteiger partial charge in [-0.15, -0.1) is 0 Å². The van der Waals surface area contributed by atoms with Crippen LogP contribution in [-0.4, -0.2) is 29.6 Å². The minimum absolute atomic E-state index is 0.0558. The molecular formula is C20H26N2O3. The zero-order valence-electron chi connectivity index (χ0n) is 15.0. The number of carbonyl (C=O) groups excluding carboxylic acids is 2. The average Bonchev–Trinajstić information content (AvgIpc) is 2.59. The third kappa shape index (κ3) is 5.03. The van der Waals surface area contributed by atoms with E-state index in [1.807, 2.05) is 51.1 Å². The summed E-state index contributed by atoms with van der Waals surface area (Å²) in [7, 11) is 0. The molecule has 0 aliphatic heterocycles. The molecule has 1 unspecified atom stereocenters. The summed E-state index contributed by atoms with van der Waals surface area (Å²) in [4.78, 5) is 24.8. The monoisotopic (exact) mass is 342 g/mol. The third-order valence-corrected chi connectivity index (χ3v) is 4.09. The first-order chi connectivity index (χ1) is 11.9. The Morgan fingerprint density at radius 2 is 1.72 bits per heavy atom. The predicted molar refractivity (Wildman–Crippen MR) is 101 cm³/mol. The molecule has 5 heteroatoms. The van der Waals surface area contributed by atoms with Crippen LogP contribution in [0.2, 0.25) is 0 Å². The standard InChI is InChI=1S/C20H26N2O3/c1-13(2)19(24)22-18-12-16-9-5-4-8-15(16)11-17(18)20(25)21-14(3)7-6-10-23/h4-5,8-9,11-14,23H,6-7,10H2,1-3H3,(H,21,25)(H,22,24). The van der Waals surface area contributed by atoms with Crippen molar-refractivity contribution >= 4 is 28.3 Å². The lowest BCUT2D eigenvalue weighted by Crippen LogP contribution is -2.33. The van der Waals surface area contributed by atoms with E-state index < -0.39 is 0 Å². The first kappa shape index (κ1) is 18.9. The van der Waals surface area contributed by atoms with Crippen LogP contribution in [0.15, 0.2) is 36.4 Å². The molecule has 0 aliphatic carbocycles. The van der Waals surface area contributed by atoms with Crippen molar-refractivity contribution in [2.75, 3.05) is 11.9 Å². The number of carbonyl (C=O) groups is 2. The van der Waals surface area contributed by atoms with Crippen LogP contribution in [0.4, 0.5) is 5.69 Å². The van der Waals surface area contributed by atoms with Crippen LogP contribution in [0.1, 0.15) is 44.0 Å². The number of anilines is 1. The maximum Gasteiger partial charge on any atom is 0.253 e. The summed E-state index contributed by atoms with van der Waals surface area (Å²) in [6, 6.07) is 11.3. The maximum atomic E-state index is 12.7. The first-order valence-corrected chi connectivity index (χ1v) is 8.67. The molecule has 2 aromatic rings. The Kier molecular flexibility index (Phi) is 6.53. The highest BCUT2D eigenvalue weighted by Gasteiger charge is 2.17. The Balaban J connectivity index is 2.34. The molecule has 5 nitrogen and oxygen atoms in total. The van der Waals surface area contributed by atoms with Gasteiger partial charge >= 0.3 is 0 Å². The molecule has 25 heavy (non-hydrogen) atoms. The third-order valence-electron chi connectivity index (χ3n) is 4.09. The molecule has 2 rings (SSSR count). The molecule has 1 atom stereocenters. The second-order valence-corrected chi connectivity index (χ2v) is 6.63. The fraction of sp³-hybridized carbons (Fsp3) is 0.400.